The molecule has 0 atom stereocenters. The van der Waals surface area contributed by atoms with Crippen LogP contribution in [0.15, 0.2) is 39.7 Å². The molecule has 0 aliphatic carbocycles. The molecule has 0 aliphatic rings. The standard InChI is InChI=1S/C10H8BrNO3S/c11-8-5-4-6-7(10(8)13)2-1-3-9(6)16(12,14)15/h1-5,13H,(H2,12,14,15). The molecular weight excluding hydrogens is 294 g/mol. The van der Waals surface area contributed by atoms with Gasteiger partial charge in [0, 0.05) is 10.8 Å². The van der Waals surface area contributed by atoms with Crippen molar-refractivity contribution in [2.24, 2.45) is 5.14 Å². The Morgan fingerprint density at radius 2 is 1.81 bits per heavy atom. The highest BCUT2D eigenvalue weighted by Gasteiger charge is 2.14. The minimum Gasteiger partial charge on any atom is -0.506 e. The molecule has 6 heteroatoms. The monoisotopic (exact) mass is 301 g/mol. The molecule has 0 fully saturated rings. The van der Waals surface area contributed by atoms with Crippen LogP contribution in [-0.2, 0) is 10.0 Å². The molecule has 0 saturated carbocycles. The van der Waals surface area contributed by atoms with Gasteiger partial charge in [0.2, 0.25) is 10.0 Å². The quantitative estimate of drug-likeness (QED) is 0.845. The number of halogens is 1. The first-order valence-electron chi connectivity index (χ1n) is 4.34. The van der Waals surface area contributed by atoms with E-state index < -0.39 is 10.0 Å². The van der Waals surface area contributed by atoms with Crippen molar-refractivity contribution >= 4 is 36.7 Å². The van der Waals surface area contributed by atoms with E-state index in [1.165, 1.54) is 12.1 Å². The number of phenolic OH excluding ortho intramolecular Hbond substituents is 1. The number of hydrogen-bond acceptors (Lipinski definition) is 3. The number of aromatic hydroxyl groups is 1. The summed E-state index contributed by atoms with van der Waals surface area (Å²) in [5.41, 5.74) is 0. The van der Waals surface area contributed by atoms with Crippen LogP contribution in [0.3, 0.4) is 0 Å². The van der Waals surface area contributed by atoms with Crippen LogP contribution in [0, 0.1) is 0 Å². The summed E-state index contributed by atoms with van der Waals surface area (Å²) < 4.78 is 23.2. The highest BCUT2D eigenvalue weighted by molar-refractivity contribution is 9.10. The van der Waals surface area contributed by atoms with Gasteiger partial charge in [-0.15, -0.1) is 0 Å². The second kappa shape index (κ2) is 3.73. The summed E-state index contributed by atoms with van der Waals surface area (Å²) in [4.78, 5) is 0.00722. The lowest BCUT2D eigenvalue weighted by molar-refractivity contribution is 0.478. The molecule has 0 saturated heterocycles. The molecule has 84 valence electrons. The second-order valence-electron chi connectivity index (χ2n) is 3.29. The van der Waals surface area contributed by atoms with Gasteiger partial charge in [-0.3, -0.25) is 0 Å². The van der Waals surface area contributed by atoms with Gasteiger partial charge in [0.15, 0.2) is 0 Å². The fourth-order valence-electron chi connectivity index (χ4n) is 1.53. The molecule has 0 aromatic heterocycles. The van der Waals surface area contributed by atoms with Crippen LogP contribution in [0.4, 0.5) is 0 Å². The average Bonchev–Trinajstić information content (AvgIpc) is 2.21. The van der Waals surface area contributed by atoms with E-state index in [1.807, 2.05) is 0 Å². The van der Waals surface area contributed by atoms with Crippen molar-refractivity contribution in [3.8, 4) is 5.75 Å². The minimum atomic E-state index is -3.79. The van der Waals surface area contributed by atoms with Crippen LogP contribution in [0.5, 0.6) is 5.75 Å². The molecular formula is C10H8BrNO3S. The van der Waals surface area contributed by atoms with Crippen LogP contribution >= 0.6 is 15.9 Å². The Bertz CT molecular complexity index is 667. The van der Waals surface area contributed by atoms with Crippen molar-refractivity contribution in [2.75, 3.05) is 0 Å². The lowest BCUT2D eigenvalue weighted by atomic mass is 10.1. The first-order chi connectivity index (χ1) is 7.41. The van der Waals surface area contributed by atoms with Crippen molar-refractivity contribution < 1.29 is 13.5 Å². The third-order valence-corrected chi connectivity index (χ3v) is 3.86. The van der Waals surface area contributed by atoms with Gasteiger partial charge < -0.3 is 5.11 Å². The van der Waals surface area contributed by atoms with E-state index in [2.05, 4.69) is 15.9 Å². The topological polar surface area (TPSA) is 80.4 Å². The molecule has 0 radical (unpaired) electrons. The van der Waals surface area contributed by atoms with Gasteiger partial charge in [0.25, 0.3) is 0 Å². The van der Waals surface area contributed by atoms with E-state index in [9.17, 15) is 13.5 Å². The molecule has 2 aromatic rings. The summed E-state index contributed by atoms with van der Waals surface area (Å²) >= 11 is 3.16. The van der Waals surface area contributed by atoms with E-state index in [4.69, 9.17) is 5.14 Å². The van der Waals surface area contributed by atoms with Gasteiger partial charge in [-0.05, 0) is 28.1 Å². The van der Waals surface area contributed by atoms with Crippen molar-refractivity contribution in [3.63, 3.8) is 0 Å². The Hall–Kier alpha value is -1.11. The normalized spacial score (nSPS) is 11.9. The van der Waals surface area contributed by atoms with Crippen LogP contribution in [0.1, 0.15) is 0 Å². The van der Waals surface area contributed by atoms with Crippen molar-refractivity contribution in [1.29, 1.82) is 0 Å². The smallest absolute Gasteiger partial charge is 0.238 e. The molecule has 2 rings (SSSR count). The maximum Gasteiger partial charge on any atom is 0.238 e. The Balaban J connectivity index is 2.96. The SMILES string of the molecule is NS(=O)(=O)c1cccc2c(O)c(Br)ccc12. The van der Waals surface area contributed by atoms with Gasteiger partial charge >= 0.3 is 0 Å². The molecule has 0 spiro atoms. The van der Waals surface area contributed by atoms with Crippen LogP contribution in [-0.4, -0.2) is 13.5 Å². The number of rotatable bonds is 1. The largest absolute Gasteiger partial charge is 0.506 e. The second-order valence-corrected chi connectivity index (χ2v) is 5.68. The Morgan fingerprint density at radius 1 is 1.12 bits per heavy atom. The summed E-state index contributed by atoms with van der Waals surface area (Å²) in [5, 5.41) is 15.7. The van der Waals surface area contributed by atoms with E-state index in [-0.39, 0.29) is 10.6 Å². The molecule has 16 heavy (non-hydrogen) atoms. The number of primary sulfonamides is 1. The molecule has 2 aromatic carbocycles. The summed E-state index contributed by atoms with van der Waals surface area (Å²) in [6, 6.07) is 7.74. The molecule has 4 nitrogen and oxygen atoms in total. The third kappa shape index (κ3) is 1.79. The van der Waals surface area contributed by atoms with E-state index in [1.54, 1.807) is 18.2 Å². The highest BCUT2D eigenvalue weighted by Crippen LogP contribution is 2.34. The van der Waals surface area contributed by atoms with Gasteiger partial charge in [-0.2, -0.15) is 0 Å². The number of hydrogen-bond donors (Lipinski definition) is 2. The molecule has 0 amide bonds. The van der Waals surface area contributed by atoms with Gasteiger partial charge in [-0.1, -0.05) is 18.2 Å². The average molecular weight is 302 g/mol. The van der Waals surface area contributed by atoms with E-state index in [0.29, 0.717) is 15.2 Å². The van der Waals surface area contributed by atoms with Crippen LogP contribution in [0.2, 0.25) is 0 Å². The lowest BCUT2D eigenvalue weighted by Gasteiger charge is -2.06. The minimum absolute atomic E-state index is 0.00278. The van der Waals surface area contributed by atoms with Crippen molar-refractivity contribution in [1.82, 2.24) is 0 Å². The maximum absolute atomic E-state index is 11.3. The molecule has 3 N–H and O–H groups in total. The molecule has 0 heterocycles. The maximum atomic E-state index is 11.3. The fraction of sp³-hybridized carbons (Fsp3) is 0. The fourth-order valence-corrected chi connectivity index (χ4v) is 2.63. The van der Waals surface area contributed by atoms with Crippen molar-refractivity contribution in [3.05, 3.63) is 34.8 Å². The number of sulfonamides is 1. The highest BCUT2D eigenvalue weighted by atomic mass is 79.9. The van der Waals surface area contributed by atoms with Gasteiger partial charge in [-0.25, -0.2) is 13.6 Å². The number of fused-ring (bicyclic) bond motifs is 1. The van der Waals surface area contributed by atoms with E-state index >= 15 is 0 Å². The zero-order valence-corrected chi connectivity index (χ0v) is 10.4. The van der Waals surface area contributed by atoms with Gasteiger partial charge in [0.1, 0.15) is 5.75 Å². The van der Waals surface area contributed by atoms with Crippen molar-refractivity contribution in [2.45, 2.75) is 4.90 Å². The Labute approximate surface area is 101 Å². The van der Waals surface area contributed by atoms with Gasteiger partial charge in [0.05, 0.1) is 9.37 Å². The summed E-state index contributed by atoms with van der Waals surface area (Å²) in [6.45, 7) is 0. The Morgan fingerprint density at radius 3 is 2.44 bits per heavy atom. The van der Waals surface area contributed by atoms with Crippen LogP contribution in [0.25, 0.3) is 10.8 Å². The molecule has 0 aliphatic heterocycles. The number of benzene rings is 2. The first kappa shape index (κ1) is 11.4. The molecule has 0 bridgehead atoms. The summed E-state index contributed by atoms with van der Waals surface area (Å²) in [5.74, 6) is 0.00278. The zero-order valence-electron chi connectivity index (χ0n) is 8.01. The first-order valence-corrected chi connectivity index (χ1v) is 6.68. The third-order valence-electron chi connectivity index (χ3n) is 2.25. The molecule has 0 unspecified atom stereocenters. The zero-order chi connectivity index (χ0) is 11.9. The van der Waals surface area contributed by atoms with E-state index in [0.717, 1.165) is 0 Å². The Kier molecular flexibility index (Phi) is 2.65. The predicted octanol–water partition coefficient (Wildman–Crippen LogP) is 1.96. The van der Waals surface area contributed by atoms with Crippen LogP contribution < -0.4 is 5.14 Å². The number of nitrogens with two attached hydrogens (primary N) is 1. The predicted molar refractivity (Wildman–Crippen MR) is 64.7 cm³/mol. The lowest BCUT2D eigenvalue weighted by Crippen LogP contribution is -2.12. The summed E-state index contributed by atoms with van der Waals surface area (Å²) in [7, 11) is -3.79. The number of phenols is 1. The summed E-state index contributed by atoms with van der Waals surface area (Å²) in [6.07, 6.45) is 0.